The number of rotatable bonds is 31. The van der Waals surface area contributed by atoms with Crippen LogP contribution in [0.3, 0.4) is 0 Å². The molecule has 13 nitrogen and oxygen atoms in total. The summed E-state index contributed by atoms with van der Waals surface area (Å²) in [6, 6.07) is 0. The van der Waals surface area contributed by atoms with Crippen LogP contribution in [-0.2, 0) is 42.6 Å². The van der Waals surface area contributed by atoms with Gasteiger partial charge < -0.3 is 58.5 Å². The fraction of sp³-hybridized carbons (Fsp3) is 0.931. The average molecular weight is 616 g/mol. The Kier molecular flexibility index (Phi) is 45.4. The number of aliphatic hydroxyl groups is 1. The van der Waals surface area contributed by atoms with Crippen LogP contribution in [0.15, 0.2) is 11.9 Å². The minimum Gasteiger partial charge on any atom is -0.399 e. The highest BCUT2D eigenvalue weighted by molar-refractivity contribution is 4.94. The Hall–Kier alpha value is -1.10. The Morgan fingerprint density at radius 2 is 0.810 bits per heavy atom. The van der Waals surface area contributed by atoms with Crippen LogP contribution in [0.2, 0.25) is 0 Å². The first kappa shape index (κ1) is 45.3. The lowest BCUT2D eigenvalue weighted by Gasteiger charge is -2.14. The molecule has 0 aromatic heterocycles. The molecule has 256 valence electrons. The van der Waals surface area contributed by atoms with Gasteiger partial charge in [0.15, 0.2) is 0 Å². The minimum atomic E-state index is -0.230. The molecule has 0 spiro atoms. The zero-order valence-electron chi connectivity index (χ0n) is 27.5. The molecule has 42 heavy (non-hydrogen) atoms. The Morgan fingerprint density at radius 1 is 0.548 bits per heavy atom. The maximum Gasteiger partial charge on any atom is 0.0840 e. The third-order valence-electron chi connectivity index (χ3n) is 4.44. The van der Waals surface area contributed by atoms with Gasteiger partial charge in [-0.25, -0.2) is 5.84 Å². The number of hydrogen-bond donors (Lipinski definition) is 3. The zero-order chi connectivity index (χ0) is 31.9. The van der Waals surface area contributed by atoms with E-state index in [4.69, 9.17) is 59.3 Å². The van der Waals surface area contributed by atoms with E-state index in [1.165, 1.54) is 11.2 Å². The van der Waals surface area contributed by atoms with Crippen LogP contribution >= 0.6 is 0 Å². The molecule has 0 unspecified atom stereocenters. The zero-order valence-corrected chi connectivity index (χ0v) is 27.5. The van der Waals surface area contributed by atoms with Crippen LogP contribution in [0.4, 0.5) is 0 Å². The lowest BCUT2D eigenvalue weighted by Crippen LogP contribution is -2.30. The summed E-state index contributed by atoms with van der Waals surface area (Å²) < 4.78 is 48.9. The fourth-order valence-corrected chi connectivity index (χ4v) is 2.57. The first-order chi connectivity index (χ1) is 20.6. The van der Waals surface area contributed by atoms with Crippen LogP contribution in [0.1, 0.15) is 41.5 Å². The monoisotopic (exact) mass is 615 g/mol. The van der Waals surface area contributed by atoms with Crippen molar-refractivity contribution in [3.63, 3.8) is 0 Å². The van der Waals surface area contributed by atoms with Gasteiger partial charge in [-0.2, -0.15) is 0 Å². The molecule has 0 aromatic carbocycles. The predicted molar refractivity (Wildman–Crippen MR) is 165 cm³/mol. The summed E-state index contributed by atoms with van der Waals surface area (Å²) in [6.45, 7) is 22.0. The normalized spacial score (nSPS) is 11.2. The number of aliphatic hydroxyl groups excluding tert-OH is 1. The van der Waals surface area contributed by atoms with Crippen molar-refractivity contribution in [1.29, 1.82) is 0 Å². The van der Waals surface area contributed by atoms with Crippen LogP contribution in [0.5, 0.6) is 0 Å². The van der Waals surface area contributed by atoms with E-state index in [2.05, 4.69) is 13.8 Å². The summed E-state index contributed by atoms with van der Waals surface area (Å²) in [7, 11) is 0. The lowest BCUT2D eigenvalue weighted by atomic mass is 10.2. The number of hydrogen-bond acceptors (Lipinski definition) is 13. The van der Waals surface area contributed by atoms with Crippen molar-refractivity contribution >= 4 is 0 Å². The highest BCUT2D eigenvalue weighted by Crippen LogP contribution is 1.92. The standard InChI is InChI=1S/C25H53N3O10.2C2H6/c1-24(2)23-38-20-19-37-18-17-36-16-15-35-14-13-34-12-11-33-10-9-32-8-7-31-6-5-30-4-3-28(27)21-25(26)22-29;2*1-2/h21,24,29H,3-20,22-23,26-27H2,1-2H3;2*1-2H3/b25-21-;;. The second kappa shape index (κ2) is 42.0. The van der Waals surface area contributed by atoms with Gasteiger partial charge in [0.1, 0.15) is 0 Å². The van der Waals surface area contributed by atoms with E-state index in [1.807, 2.05) is 27.7 Å². The van der Waals surface area contributed by atoms with Gasteiger partial charge in [0.2, 0.25) is 0 Å². The van der Waals surface area contributed by atoms with E-state index in [-0.39, 0.29) is 6.61 Å². The van der Waals surface area contributed by atoms with Crippen LogP contribution in [0.25, 0.3) is 0 Å². The topological polar surface area (TPSA) is 159 Å². The second-order valence-electron chi connectivity index (χ2n) is 8.47. The number of ether oxygens (including phenoxy) is 9. The molecule has 0 aromatic rings. The maximum atomic E-state index is 8.81. The number of nitrogens with zero attached hydrogens (tertiary/aromatic N) is 1. The Bertz CT molecular complexity index is 506. The third-order valence-corrected chi connectivity index (χ3v) is 4.44. The summed E-state index contributed by atoms with van der Waals surface area (Å²) in [5, 5.41) is 10.2. The van der Waals surface area contributed by atoms with Crippen molar-refractivity contribution in [3.8, 4) is 0 Å². The first-order valence-corrected chi connectivity index (χ1v) is 15.3. The van der Waals surface area contributed by atoms with Crippen molar-refractivity contribution < 1.29 is 47.7 Å². The molecule has 0 aliphatic heterocycles. The SMILES string of the molecule is CC.CC.CC(C)COCCOCCOCCOCCOCCOCCOCCOCCOCCN(N)/C=C(\N)CO. The number of hydrazine groups is 1. The van der Waals surface area contributed by atoms with E-state index in [0.717, 1.165) is 6.61 Å². The molecule has 5 N–H and O–H groups in total. The van der Waals surface area contributed by atoms with Crippen molar-refractivity contribution in [3.05, 3.63) is 11.9 Å². The summed E-state index contributed by atoms with van der Waals surface area (Å²) >= 11 is 0. The molecule has 13 heteroatoms. The summed E-state index contributed by atoms with van der Waals surface area (Å²) in [6.07, 6.45) is 1.47. The molecule has 0 bridgehead atoms. The first-order valence-electron chi connectivity index (χ1n) is 15.3. The Morgan fingerprint density at radius 3 is 1.07 bits per heavy atom. The van der Waals surface area contributed by atoms with Crippen LogP contribution in [0, 0.1) is 5.92 Å². The third kappa shape index (κ3) is 43.4. The van der Waals surface area contributed by atoms with Crippen LogP contribution in [-0.4, -0.2) is 142 Å². The predicted octanol–water partition coefficient (Wildman–Crippen LogP) is 1.81. The van der Waals surface area contributed by atoms with Crippen molar-refractivity contribution in [2.75, 3.05) is 132 Å². The molecule has 0 aliphatic rings. The highest BCUT2D eigenvalue weighted by atomic mass is 16.6. The quantitative estimate of drug-likeness (QED) is 0.0589. The molecule has 0 fully saturated rings. The molecule has 0 aliphatic carbocycles. The molecule has 0 atom stereocenters. The fourth-order valence-electron chi connectivity index (χ4n) is 2.57. The highest BCUT2D eigenvalue weighted by Gasteiger charge is 1.98. The van der Waals surface area contributed by atoms with Gasteiger partial charge in [-0.3, -0.25) is 0 Å². The second-order valence-corrected chi connectivity index (χ2v) is 8.47. The van der Waals surface area contributed by atoms with Gasteiger partial charge in [-0.15, -0.1) is 0 Å². The van der Waals surface area contributed by atoms with Crippen molar-refractivity contribution in [2.24, 2.45) is 17.5 Å². The van der Waals surface area contributed by atoms with Gasteiger partial charge in [-0.1, -0.05) is 41.5 Å². The molecule has 0 rings (SSSR count). The van der Waals surface area contributed by atoms with E-state index in [0.29, 0.717) is 130 Å². The van der Waals surface area contributed by atoms with Crippen LogP contribution < -0.4 is 11.6 Å². The Labute approximate surface area is 256 Å². The summed E-state index contributed by atoms with van der Waals surface area (Å²) in [4.78, 5) is 0. The maximum absolute atomic E-state index is 8.81. The van der Waals surface area contributed by atoms with Gasteiger partial charge in [0, 0.05) is 12.8 Å². The van der Waals surface area contributed by atoms with E-state index < -0.39 is 0 Å². The smallest absolute Gasteiger partial charge is 0.0840 e. The summed E-state index contributed by atoms with van der Waals surface area (Å²) in [5.74, 6) is 6.21. The van der Waals surface area contributed by atoms with Crippen molar-refractivity contribution in [2.45, 2.75) is 41.5 Å². The molecule has 0 saturated carbocycles. The Balaban J connectivity index is -0.00000363. The van der Waals surface area contributed by atoms with Gasteiger partial charge in [0.05, 0.1) is 131 Å². The number of nitrogens with two attached hydrogens (primary N) is 2. The van der Waals surface area contributed by atoms with Gasteiger partial charge in [-0.05, 0) is 5.92 Å². The van der Waals surface area contributed by atoms with E-state index in [1.54, 1.807) is 0 Å². The molecule has 0 radical (unpaired) electrons. The molecular formula is C29H65N3O10. The van der Waals surface area contributed by atoms with Gasteiger partial charge >= 0.3 is 0 Å². The van der Waals surface area contributed by atoms with Gasteiger partial charge in [0.25, 0.3) is 0 Å². The lowest BCUT2D eigenvalue weighted by molar-refractivity contribution is -0.0255. The molecule has 0 saturated heterocycles. The molecule has 0 heterocycles. The van der Waals surface area contributed by atoms with E-state index >= 15 is 0 Å². The summed E-state index contributed by atoms with van der Waals surface area (Å²) in [5.41, 5.74) is 5.76. The molecule has 0 amide bonds. The average Bonchev–Trinajstić information content (AvgIpc) is 3.00. The largest absolute Gasteiger partial charge is 0.399 e. The van der Waals surface area contributed by atoms with E-state index in [9.17, 15) is 0 Å². The molecular weight excluding hydrogens is 550 g/mol. The van der Waals surface area contributed by atoms with Crippen molar-refractivity contribution in [1.82, 2.24) is 5.01 Å². The minimum absolute atomic E-state index is 0.230.